The van der Waals surface area contributed by atoms with Gasteiger partial charge in [-0.05, 0) is 83.9 Å². The maximum Gasteiger partial charge on any atom is 0.335 e. The average molecular weight is 672 g/mol. The van der Waals surface area contributed by atoms with E-state index in [1.807, 2.05) is 37.3 Å². The lowest BCUT2D eigenvalue weighted by Gasteiger charge is -2.26. The Morgan fingerprint density at radius 3 is 2.30 bits per heavy atom. The van der Waals surface area contributed by atoms with Crippen LogP contribution in [0.25, 0.3) is 16.8 Å². The third-order valence-corrected chi connectivity index (χ3v) is 8.35. The maximum atomic E-state index is 13.6. The number of fused-ring (bicyclic) bond motifs is 1. The number of halogens is 3. The fourth-order valence-electron chi connectivity index (χ4n) is 5.09. The van der Waals surface area contributed by atoms with Crippen LogP contribution in [-0.4, -0.2) is 17.8 Å². The Kier molecular flexibility index (Phi) is 8.99. The Morgan fingerprint density at radius 1 is 0.783 bits per heavy atom. The summed E-state index contributed by atoms with van der Waals surface area (Å²) in [5.74, 6) is -0.739. The number of carbonyl (C=O) groups excluding carboxylic acids is 3. The van der Waals surface area contributed by atoms with Crippen molar-refractivity contribution >= 4 is 75.2 Å². The number of nitrogens with zero attached hydrogens (tertiary/aromatic N) is 1. The van der Waals surface area contributed by atoms with Crippen LogP contribution in [0.2, 0.25) is 15.1 Å². The second-order valence-electron chi connectivity index (χ2n) is 10.5. The number of barbiturate groups is 1. The number of amides is 4. The Bertz CT molecular complexity index is 2040. The van der Waals surface area contributed by atoms with Gasteiger partial charge in [-0.3, -0.25) is 14.9 Å². The highest BCUT2D eigenvalue weighted by atomic mass is 35.5. The highest BCUT2D eigenvalue weighted by molar-refractivity contribution is 6.39. The topological polar surface area (TPSA) is 84.9 Å². The van der Waals surface area contributed by atoms with E-state index in [0.717, 1.165) is 32.4 Å². The molecule has 0 saturated carbocycles. The summed E-state index contributed by atoms with van der Waals surface area (Å²) >= 11 is 18.5. The van der Waals surface area contributed by atoms with Gasteiger partial charge in [0.1, 0.15) is 30.3 Å². The van der Waals surface area contributed by atoms with Crippen LogP contribution in [0.5, 0.6) is 11.5 Å². The van der Waals surface area contributed by atoms with Gasteiger partial charge in [-0.25, -0.2) is 9.69 Å². The van der Waals surface area contributed by atoms with Crippen molar-refractivity contribution in [3.8, 4) is 11.5 Å². The first-order valence-corrected chi connectivity index (χ1v) is 15.3. The number of imide groups is 2. The normalized spacial score (nSPS) is 14.1. The van der Waals surface area contributed by atoms with E-state index >= 15 is 0 Å². The summed E-state index contributed by atoms with van der Waals surface area (Å²) in [4.78, 5) is 40.3. The molecule has 10 heteroatoms. The molecule has 6 rings (SSSR count). The maximum absolute atomic E-state index is 13.6. The zero-order valence-electron chi connectivity index (χ0n) is 24.4. The van der Waals surface area contributed by atoms with Gasteiger partial charge in [0.15, 0.2) is 0 Å². The zero-order valence-corrected chi connectivity index (χ0v) is 26.6. The van der Waals surface area contributed by atoms with Crippen LogP contribution in [0.1, 0.15) is 22.3 Å². The molecule has 1 saturated heterocycles. The van der Waals surface area contributed by atoms with Gasteiger partial charge in [-0.1, -0.05) is 77.3 Å². The minimum Gasteiger partial charge on any atom is -0.489 e. The molecule has 5 aromatic carbocycles. The Labute approximate surface area is 279 Å². The Hall–Kier alpha value is -4.82. The minimum atomic E-state index is -0.872. The molecule has 7 nitrogen and oxygen atoms in total. The molecule has 5 aromatic rings. The van der Waals surface area contributed by atoms with E-state index < -0.39 is 17.8 Å². The lowest BCUT2D eigenvalue weighted by atomic mass is 10.0. The average Bonchev–Trinajstić information content (AvgIpc) is 3.03. The summed E-state index contributed by atoms with van der Waals surface area (Å²) in [7, 11) is 0. The lowest BCUT2D eigenvalue weighted by Crippen LogP contribution is -2.54. The highest BCUT2D eigenvalue weighted by Crippen LogP contribution is 2.31. The van der Waals surface area contributed by atoms with Crippen LogP contribution in [-0.2, 0) is 22.8 Å². The van der Waals surface area contributed by atoms with Crippen LogP contribution >= 0.6 is 34.8 Å². The molecule has 1 N–H and O–H groups in total. The molecule has 1 heterocycles. The number of ether oxygens (including phenoxy) is 2. The van der Waals surface area contributed by atoms with Gasteiger partial charge < -0.3 is 9.47 Å². The van der Waals surface area contributed by atoms with Crippen LogP contribution in [0, 0.1) is 6.92 Å². The summed E-state index contributed by atoms with van der Waals surface area (Å²) < 4.78 is 12.1. The van der Waals surface area contributed by atoms with Crippen LogP contribution in [0.3, 0.4) is 0 Å². The van der Waals surface area contributed by atoms with Gasteiger partial charge in [-0.2, -0.15) is 0 Å². The fourth-order valence-corrected chi connectivity index (χ4v) is 5.73. The Balaban J connectivity index is 1.24. The van der Waals surface area contributed by atoms with Gasteiger partial charge >= 0.3 is 6.03 Å². The number of benzene rings is 5. The number of nitrogens with one attached hydrogen (secondary N) is 1. The lowest BCUT2D eigenvalue weighted by molar-refractivity contribution is -0.122. The number of anilines is 1. The number of hydrogen-bond donors (Lipinski definition) is 1. The standard InChI is InChI=1S/C36H25Cl3N2O5/c1-21-6-7-22-4-2-3-5-29(22)31(21)20-46-33-15-10-25(37)16-24(33)17-30-34(42)40-36(44)41(35(30)43)27-11-13-28(14-12-27)45-19-23-8-9-26(38)18-32(23)39/h2-18H,19-20H2,1H3,(H,40,42,44)/b30-17+. The van der Waals surface area contributed by atoms with Crippen molar-refractivity contribution in [3.05, 3.63) is 140 Å². The van der Waals surface area contributed by atoms with Crippen molar-refractivity contribution in [3.63, 3.8) is 0 Å². The summed E-state index contributed by atoms with van der Waals surface area (Å²) in [5, 5.41) is 5.78. The molecule has 1 aliphatic rings. The van der Waals surface area contributed by atoms with E-state index in [4.69, 9.17) is 44.3 Å². The molecule has 0 bridgehead atoms. The molecule has 1 aliphatic heterocycles. The predicted molar refractivity (Wildman–Crippen MR) is 181 cm³/mol. The summed E-state index contributed by atoms with van der Waals surface area (Å²) in [6, 6.07) is 27.6. The monoisotopic (exact) mass is 670 g/mol. The smallest absolute Gasteiger partial charge is 0.335 e. The highest BCUT2D eigenvalue weighted by Gasteiger charge is 2.37. The molecule has 1 fully saturated rings. The van der Waals surface area contributed by atoms with E-state index in [1.165, 1.54) is 6.08 Å². The SMILES string of the molecule is Cc1ccc2ccccc2c1COc1ccc(Cl)cc1/C=C1\C(=O)NC(=O)N(c2ccc(OCc3ccc(Cl)cc3Cl)cc2)C1=O. The number of urea groups is 1. The van der Waals surface area contributed by atoms with Crippen LogP contribution in [0.4, 0.5) is 10.5 Å². The van der Waals surface area contributed by atoms with Crippen molar-refractivity contribution in [2.45, 2.75) is 20.1 Å². The number of carbonyl (C=O) groups is 3. The molecular formula is C36H25Cl3N2O5. The van der Waals surface area contributed by atoms with E-state index in [9.17, 15) is 14.4 Å². The molecule has 0 spiro atoms. The number of aryl methyl sites for hydroxylation is 1. The molecule has 0 atom stereocenters. The molecule has 0 unspecified atom stereocenters. The summed E-state index contributed by atoms with van der Waals surface area (Å²) in [6.07, 6.45) is 1.38. The molecule has 0 aromatic heterocycles. The van der Waals surface area contributed by atoms with Gasteiger partial charge in [0, 0.05) is 31.8 Å². The first-order valence-electron chi connectivity index (χ1n) is 14.2. The van der Waals surface area contributed by atoms with Crippen LogP contribution < -0.4 is 19.7 Å². The van der Waals surface area contributed by atoms with E-state index in [0.29, 0.717) is 32.1 Å². The van der Waals surface area contributed by atoms with E-state index in [2.05, 4.69) is 11.4 Å². The van der Waals surface area contributed by atoms with Crippen molar-refractivity contribution in [2.75, 3.05) is 4.90 Å². The quantitative estimate of drug-likeness (QED) is 0.132. The van der Waals surface area contributed by atoms with Crippen molar-refractivity contribution in [1.29, 1.82) is 0 Å². The van der Waals surface area contributed by atoms with E-state index in [1.54, 1.807) is 60.7 Å². The summed E-state index contributed by atoms with van der Waals surface area (Å²) in [6.45, 7) is 2.44. The van der Waals surface area contributed by atoms with Gasteiger partial charge in [-0.15, -0.1) is 0 Å². The molecule has 0 radical (unpaired) electrons. The van der Waals surface area contributed by atoms with Crippen molar-refractivity contribution in [2.24, 2.45) is 0 Å². The van der Waals surface area contributed by atoms with Gasteiger partial charge in [0.2, 0.25) is 0 Å². The van der Waals surface area contributed by atoms with E-state index in [-0.39, 0.29) is 24.5 Å². The first kappa shape index (κ1) is 31.2. The number of hydrogen-bond acceptors (Lipinski definition) is 5. The third-order valence-electron chi connectivity index (χ3n) is 7.52. The molecule has 4 amide bonds. The summed E-state index contributed by atoms with van der Waals surface area (Å²) in [5.41, 5.74) is 3.21. The molecule has 46 heavy (non-hydrogen) atoms. The number of rotatable bonds is 8. The van der Waals surface area contributed by atoms with Crippen molar-refractivity contribution in [1.82, 2.24) is 5.32 Å². The predicted octanol–water partition coefficient (Wildman–Crippen LogP) is 8.93. The second-order valence-corrected chi connectivity index (χ2v) is 11.8. The first-order chi connectivity index (χ1) is 22.2. The largest absolute Gasteiger partial charge is 0.489 e. The molecular weight excluding hydrogens is 647 g/mol. The van der Waals surface area contributed by atoms with Gasteiger partial charge in [0.05, 0.1) is 5.69 Å². The van der Waals surface area contributed by atoms with Gasteiger partial charge in [0.25, 0.3) is 11.8 Å². The fraction of sp³-hybridized carbons (Fsp3) is 0.0833. The molecule has 230 valence electrons. The molecule has 0 aliphatic carbocycles. The minimum absolute atomic E-state index is 0.184. The van der Waals surface area contributed by atoms with Crippen LogP contribution in [0.15, 0.2) is 103 Å². The third kappa shape index (κ3) is 6.58. The Morgan fingerprint density at radius 2 is 1.52 bits per heavy atom. The second kappa shape index (κ2) is 13.3. The van der Waals surface area contributed by atoms with Crippen molar-refractivity contribution < 1.29 is 23.9 Å². The zero-order chi connectivity index (χ0) is 32.4.